The summed E-state index contributed by atoms with van der Waals surface area (Å²) in [4.78, 5) is 9.66. The van der Waals surface area contributed by atoms with Gasteiger partial charge in [-0.25, -0.2) is 9.67 Å². The van der Waals surface area contributed by atoms with Crippen molar-refractivity contribution in [1.82, 2.24) is 14.8 Å². The summed E-state index contributed by atoms with van der Waals surface area (Å²) in [5.41, 5.74) is 1.68. The van der Waals surface area contributed by atoms with Crippen molar-refractivity contribution in [2.24, 2.45) is 5.16 Å². The highest BCUT2D eigenvalue weighted by atomic mass is 19.4. The van der Waals surface area contributed by atoms with Gasteiger partial charge in [0.05, 0.1) is 18.0 Å². The molecular weight excluding hydrogens is 547 g/mol. The molecule has 0 unspecified atom stereocenters. The zero-order chi connectivity index (χ0) is 29.1. The Labute approximate surface area is 224 Å². The molecular formula is C25H25F5N4O6. The number of methoxy groups -OCH3 is 2. The van der Waals surface area contributed by atoms with Crippen LogP contribution in [0.5, 0.6) is 5.75 Å². The molecule has 1 N–H and O–H groups in total. The molecule has 0 aliphatic carbocycles. The third-order valence-corrected chi connectivity index (χ3v) is 6.01. The Balaban J connectivity index is 1.38. The maximum atomic E-state index is 13.1. The number of aliphatic hydroxyl groups excluding tert-OH is 1. The molecule has 4 rings (SSSR count). The average Bonchev–Trinajstić information content (AvgIpc) is 3.40. The fourth-order valence-corrected chi connectivity index (χ4v) is 3.85. The average molecular weight is 572 g/mol. The van der Waals surface area contributed by atoms with Crippen molar-refractivity contribution in [2.75, 3.05) is 14.2 Å². The molecule has 10 nitrogen and oxygen atoms in total. The molecule has 0 bridgehead atoms. The molecule has 1 aliphatic heterocycles. The lowest BCUT2D eigenvalue weighted by Crippen LogP contribution is -2.58. The Hall–Kier alpha value is -3.66. The first kappa shape index (κ1) is 29.3. The van der Waals surface area contributed by atoms with Crippen molar-refractivity contribution in [1.29, 1.82) is 0 Å². The Morgan fingerprint density at radius 3 is 2.23 bits per heavy atom. The summed E-state index contributed by atoms with van der Waals surface area (Å²) in [6, 6.07) is 11.4. The number of hydrogen-bond acceptors (Lipinski definition) is 9. The van der Waals surface area contributed by atoms with Crippen LogP contribution in [0.1, 0.15) is 12.5 Å². The first-order valence-electron chi connectivity index (χ1n) is 11.8. The van der Waals surface area contributed by atoms with Crippen LogP contribution in [-0.2, 0) is 19.0 Å². The van der Waals surface area contributed by atoms with Crippen molar-refractivity contribution >= 4 is 6.21 Å². The number of ether oxygens (including phenoxy) is 4. The number of aromatic nitrogens is 3. The number of benzene rings is 2. The standard InChI is InChI=1S/C25H25F5N4O6/c1-14-19(35)20(36-2)21(37-3)23(38-14)40-32-12-15-4-6-16(7-5-15)22-31-13-34(33-22)17-8-10-18(11-9-17)39-25(29,30)24(26,27)28/h4-14,19-21,23,35H,1-3H3/t14-,19-,20+,21+,23-/m0/s1. The van der Waals surface area contributed by atoms with Crippen molar-refractivity contribution in [2.45, 2.75) is 49.9 Å². The highest BCUT2D eigenvalue weighted by Gasteiger charge is 2.61. The Morgan fingerprint density at radius 2 is 1.62 bits per heavy atom. The highest BCUT2D eigenvalue weighted by Crippen LogP contribution is 2.37. The maximum absolute atomic E-state index is 13.1. The molecule has 2 aromatic carbocycles. The van der Waals surface area contributed by atoms with Crippen LogP contribution in [0.15, 0.2) is 60.0 Å². The van der Waals surface area contributed by atoms with Gasteiger partial charge in [0.2, 0.25) is 0 Å². The molecule has 3 aromatic rings. The third kappa shape index (κ3) is 6.38. The van der Waals surface area contributed by atoms with E-state index in [1.807, 2.05) is 0 Å². The predicted molar refractivity (Wildman–Crippen MR) is 129 cm³/mol. The Bertz CT molecular complexity index is 1290. The number of oxime groups is 1. The number of halogens is 5. The zero-order valence-corrected chi connectivity index (χ0v) is 21.3. The van der Waals surface area contributed by atoms with E-state index in [1.165, 1.54) is 43.6 Å². The van der Waals surface area contributed by atoms with E-state index < -0.39 is 48.7 Å². The van der Waals surface area contributed by atoms with Crippen LogP contribution >= 0.6 is 0 Å². The lowest BCUT2D eigenvalue weighted by Gasteiger charge is -2.40. The molecule has 0 spiro atoms. The SMILES string of the molecule is CO[C@@H]1[C@@H](O)[C@H](C)O[C@@H](ON=Cc2ccc(-c3ncn(-c4ccc(OC(F)(F)C(F)(F)F)cc4)n3)cc2)[C@@H]1OC. The molecule has 216 valence electrons. The van der Waals surface area contributed by atoms with E-state index in [0.29, 0.717) is 22.6 Å². The monoisotopic (exact) mass is 572 g/mol. The summed E-state index contributed by atoms with van der Waals surface area (Å²) >= 11 is 0. The number of alkyl halides is 5. The van der Waals surface area contributed by atoms with Gasteiger partial charge in [-0.1, -0.05) is 29.4 Å². The van der Waals surface area contributed by atoms with Crippen LogP contribution in [0, 0.1) is 0 Å². The molecule has 2 heterocycles. The second kappa shape index (κ2) is 11.8. The van der Waals surface area contributed by atoms with Crippen LogP contribution in [0.25, 0.3) is 17.1 Å². The zero-order valence-electron chi connectivity index (χ0n) is 21.3. The summed E-state index contributed by atoms with van der Waals surface area (Å²) in [7, 11) is 2.90. The smallest absolute Gasteiger partial charge is 0.426 e. The van der Waals surface area contributed by atoms with Gasteiger partial charge in [0.15, 0.2) is 11.9 Å². The molecule has 0 amide bonds. The predicted octanol–water partition coefficient (Wildman–Crippen LogP) is 3.95. The minimum atomic E-state index is -5.84. The second-order valence-electron chi connectivity index (χ2n) is 8.69. The van der Waals surface area contributed by atoms with Crippen molar-refractivity contribution in [3.63, 3.8) is 0 Å². The van der Waals surface area contributed by atoms with Gasteiger partial charge < -0.3 is 28.9 Å². The van der Waals surface area contributed by atoms with Crippen LogP contribution in [-0.4, -0.2) is 83.3 Å². The minimum absolute atomic E-state index is 0.334. The van der Waals surface area contributed by atoms with E-state index in [-0.39, 0.29) is 0 Å². The van der Waals surface area contributed by atoms with Crippen LogP contribution in [0.3, 0.4) is 0 Å². The van der Waals surface area contributed by atoms with E-state index in [9.17, 15) is 27.1 Å². The molecule has 15 heteroatoms. The molecule has 1 fully saturated rings. The fourth-order valence-electron chi connectivity index (χ4n) is 3.85. The van der Waals surface area contributed by atoms with E-state index >= 15 is 0 Å². The first-order valence-corrected chi connectivity index (χ1v) is 11.8. The van der Waals surface area contributed by atoms with Gasteiger partial charge in [0.1, 0.15) is 24.3 Å². The number of nitrogens with zero attached hydrogens (tertiary/aromatic N) is 4. The molecule has 1 aromatic heterocycles. The van der Waals surface area contributed by atoms with Crippen LogP contribution in [0.2, 0.25) is 0 Å². The first-order chi connectivity index (χ1) is 18.9. The van der Waals surface area contributed by atoms with Gasteiger partial charge in [-0.15, -0.1) is 5.10 Å². The van der Waals surface area contributed by atoms with Crippen molar-refractivity contribution < 1.29 is 50.8 Å². The molecule has 40 heavy (non-hydrogen) atoms. The largest absolute Gasteiger partial charge is 0.499 e. The molecule has 1 aliphatic rings. The second-order valence-corrected chi connectivity index (χ2v) is 8.69. The van der Waals surface area contributed by atoms with Crippen LogP contribution < -0.4 is 4.74 Å². The minimum Gasteiger partial charge on any atom is -0.426 e. The van der Waals surface area contributed by atoms with E-state index in [0.717, 1.165) is 12.1 Å². The van der Waals surface area contributed by atoms with E-state index in [4.69, 9.17) is 19.0 Å². The summed E-state index contributed by atoms with van der Waals surface area (Å²) in [6.45, 7) is 1.68. The summed E-state index contributed by atoms with van der Waals surface area (Å²) < 4.78 is 84.6. The lowest BCUT2D eigenvalue weighted by atomic mass is 10.00. The summed E-state index contributed by atoms with van der Waals surface area (Å²) in [6.07, 6.45) is -12.1. The molecule has 0 radical (unpaired) electrons. The summed E-state index contributed by atoms with van der Waals surface area (Å²) in [5, 5.41) is 18.5. The lowest BCUT2D eigenvalue weighted by molar-refractivity contribution is -0.360. The van der Waals surface area contributed by atoms with Gasteiger partial charge in [-0.3, -0.25) is 0 Å². The molecule has 1 saturated heterocycles. The van der Waals surface area contributed by atoms with Gasteiger partial charge >= 0.3 is 12.3 Å². The quantitative estimate of drug-likeness (QED) is 0.233. The van der Waals surface area contributed by atoms with Gasteiger partial charge in [0.25, 0.3) is 6.29 Å². The van der Waals surface area contributed by atoms with E-state index in [1.54, 1.807) is 31.2 Å². The van der Waals surface area contributed by atoms with E-state index in [2.05, 4.69) is 20.0 Å². The van der Waals surface area contributed by atoms with Crippen LogP contribution in [0.4, 0.5) is 22.0 Å². The van der Waals surface area contributed by atoms with Crippen molar-refractivity contribution in [3.8, 4) is 22.8 Å². The maximum Gasteiger partial charge on any atom is 0.499 e. The summed E-state index contributed by atoms with van der Waals surface area (Å²) in [5.74, 6) is -0.327. The topological polar surface area (TPSA) is 109 Å². The fraction of sp³-hybridized carbons (Fsp3) is 0.400. The number of rotatable bonds is 9. The number of hydrogen-bond donors (Lipinski definition) is 1. The van der Waals surface area contributed by atoms with Gasteiger partial charge in [-0.05, 0) is 36.8 Å². The normalized spacial score (nSPS) is 23.9. The van der Waals surface area contributed by atoms with Gasteiger partial charge in [0, 0.05) is 19.8 Å². The van der Waals surface area contributed by atoms with Crippen molar-refractivity contribution in [3.05, 3.63) is 60.4 Å². The number of aliphatic hydroxyl groups is 1. The molecule has 0 saturated carbocycles. The Kier molecular flexibility index (Phi) is 8.68. The molecule has 5 atom stereocenters. The van der Waals surface area contributed by atoms with Gasteiger partial charge in [-0.2, -0.15) is 22.0 Å². The third-order valence-electron chi connectivity index (χ3n) is 6.01. The highest BCUT2D eigenvalue weighted by molar-refractivity contribution is 5.80. The Morgan fingerprint density at radius 1 is 0.975 bits per heavy atom.